The second kappa shape index (κ2) is 4.67. The van der Waals surface area contributed by atoms with E-state index in [0.29, 0.717) is 44.2 Å². The molecule has 0 atom stereocenters. The van der Waals surface area contributed by atoms with Crippen LogP contribution in [0.15, 0.2) is 49.0 Å². The van der Waals surface area contributed by atoms with Crippen molar-refractivity contribution in [3.8, 4) is 5.75 Å². The maximum atomic E-state index is 12.4. The average Bonchev–Trinajstić information content (AvgIpc) is 2.53. The van der Waals surface area contributed by atoms with Crippen LogP contribution in [-0.2, 0) is 0 Å². The fourth-order valence-electron chi connectivity index (χ4n) is 2.82. The molecule has 0 radical (unpaired) electrons. The van der Waals surface area contributed by atoms with E-state index in [1.807, 2.05) is 0 Å². The number of methoxy groups -OCH3 is 1. The molecule has 4 aromatic rings. The van der Waals surface area contributed by atoms with E-state index in [9.17, 15) is 9.59 Å². The molecule has 0 spiro atoms. The van der Waals surface area contributed by atoms with Gasteiger partial charge in [-0.2, -0.15) is 0 Å². The third-order valence-corrected chi connectivity index (χ3v) is 3.79. The fraction of sp³-hybridized carbons (Fsp3) is 0.118. The molecule has 0 saturated carbocycles. The lowest BCUT2D eigenvalue weighted by Gasteiger charge is -2.09. The molecule has 0 fully saturated rings. The number of aromatic nitrogens is 1. The summed E-state index contributed by atoms with van der Waals surface area (Å²) in [7, 11) is 1.45. The SMILES string of the molecule is COc1cc2oc(=O)c3cnccc3c2c2oc(C)cc(=O)c12. The third-order valence-electron chi connectivity index (χ3n) is 3.79. The summed E-state index contributed by atoms with van der Waals surface area (Å²) in [5.74, 6) is 0.767. The molecular formula is C17H11NO5. The number of aryl methyl sites for hydroxylation is 1. The Bertz CT molecular complexity index is 1200. The fourth-order valence-corrected chi connectivity index (χ4v) is 2.82. The summed E-state index contributed by atoms with van der Waals surface area (Å²) < 4.78 is 16.4. The highest BCUT2D eigenvalue weighted by molar-refractivity contribution is 6.17. The topological polar surface area (TPSA) is 82.5 Å². The first kappa shape index (κ1) is 13.5. The van der Waals surface area contributed by atoms with Gasteiger partial charge in [0.2, 0.25) is 0 Å². The van der Waals surface area contributed by atoms with E-state index < -0.39 is 5.63 Å². The van der Waals surface area contributed by atoms with Crippen LogP contribution in [0.25, 0.3) is 32.7 Å². The first-order chi connectivity index (χ1) is 11.1. The molecule has 6 nitrogen and oxygen atoms in total. The molecule has 0 saturated heterocycles. The minimum Gasteiger partial charge on any atom is -0.496 e. The molecule has 0 amide bonds. The smallest absolute Gasteiger partial charge is 0.345 e. The molecule has 0 aliphatic carbocycles. The Morgan fingerprint density at radius 2 is 1.91 bits per heavy atom. The van der Waals surface area contributed by atoms with E-state index in [0.717, 1.165) is 0 Å². The molecule has 0 N–H and O–H groups in total. The number of nitrogens with zero attached hydrogens (tertiary/aromatic N) is 1. The highest BCUT2D eigenvalue weighted by atomic mass is 16.5. The maximum absolute atomic E-state index is 12.4. The normalized spacial score (nSPS) is 11.4. The van der Waals surface area contributed by atoms with Gasteiger partial charge in [0.15, 0.2) is 11.0 Å². The van der Waals surface area contributed by atoms with Crippen molar-refractivity contribution >= 4 is 32.7 Å². The van der Waals surface area contributed by atoms with Crippen molar-refractivity contribution in [2.75, 3.05) is 7.11 Å². The predicted molar refractivity (Wildman–Crippen MR) is 85.1 cm³/mol. The van der Waals surface area contributed by atoms with E-state index in [2.05, 4.69) is 4.98 Å². The van der Waals surface area contributed by atoms with E-state index in [-0.39, 0.29) is 5.43 Å². The number of fused-ring (bicyclic) bond motifs is 5. The Morgan fingerprint density at radius 3 is 2.70 bits per heavy atom. The van der Waals surface area contributed by atoms with Crippen LogP contribution in [-0.4, -0.2) is 12.1 Å². The molecule has 0 aliphatic rings. The highest BCUT2D eigenvalue weighted by Crippen LogP contribution is 2.34. The predicted octanol–water partition coefficient (Wildman–Crippen LogP) is 2.76. The molecular weight excluding hydrogens is 298 g/mol. The van der Waals surface area contributed by atoms with Gasteiger partial charge in [-0.05, 0) is 13.0 Å². The summed E-state index contributed by atoms with van der Waals surface area (Å²) >= 11 is 0. The van der Waals surface area contributed by atoms with Gasteiger partial charge in [0.1, 0.15) is 22.5 Å². The lowest BCUT2D eigenvalue weighted by atomic mass is 10.1. The second-order valence-electron chi connectivity index (χ2n) is 5.19. The molecule has 0 unspecified atom stereocenters. The Morgan fingerprint density at radius 1 is 1.09 bits per heavy atom. The first-order valence-corrected chi connectivity index (χ1v) is 6.92. The van der Waals surface area contributed by atoms with E-state index in [1.165, 1.54) is 25.4 Å². The molecule has 3 aromatic heterocycles. The van der Waals surface area contributed by atoms with Gasteiger partial charge in [-0.15, -0.1) is 0 Å². The molecule has 3 heterocycles. The van der Waals surface area contributed by atoms with Crippen LogP contribution in [0.4, 0.5) is 0 Å². The van der Waals surface area contributed by atoms with E-state index in [4.69, 9.17) is 13.6 Å². The number of pyridine rings is 1. The zero-order chi connectivity index (χ0) is 16.1. The Balaban J connectivity index is 2.44. The van der Waals surface area contributed by atoms with Gasteiger partial charge in [-0.3, -0.25) is 9.78 Å². The molecule has 114 valence electrons. The van der Waals surface area contributed by atoms with Crippen LogP contribution < -0.4 is 15.8 Å². The summed E-state index contributed by atoms with van der Waals surface area (Å²) in [5, 5.41) is 1.82. The molecule has 23 heavy (non-hydrogen) atoms. The average molecular weight is 309 g/mol. The summed E-state index contributed by atoms with van der Waals surface area (Å²) in [6.45, 7) is 1.69. The standard InChI is InChI=1S/C17H11NO5/c1-8-5-11(19)15-12(21-2)6-13-14(16(15)22-8)9-3-4-18-7-10(9)17(20)23-13/h3-7H,1-2H3. The first-order valence-electron chi connectivity index (χ1n) is 6.92. The lowest BCUT2D eigenvalue weighted by molar-refractivity contribution is 0.417. The molecule has 4 rings (SSSR count). The maximum Gasteiger partial charge on any atom is 0.345 e. The van der Waals surface area contributed by atoms with Crippen LogP contribution in [0.2, 0.25) is 0 Å². The number of rotatable bonds is 1. The van der Waals surface area contributed by atoms with Crippen molar-refractivity contribution in [1.82, 2.24) is 4.98 Å². The zero-order valence-corrected chi connectivity index (χ0v) is 12.4. The number of ether oxygens (including phenoxy) is 1. The van der Waals surface area contributed by atoms with Crippen molar-refractivity contribution in [3.63, 3.8) is 0 Å². The molecule has 6 heteroatoms. The molecule has 0 aliphatic heterocycles. The summed E-state index contributed by atoms with van der Waals surface area (Å²) in [6.07, 6.45) is 3.01. The highest BCUT2D eigenvalue weighted by Gasteiger charge is 2.18. The van der Waals surface area contributed by atoms with Gasteiger partial charge in [0, 0.05) is 29.9 Å². The van der Waals surface area contributed by atoms with Crippen LogP contribution >= 0.6 is 0 Å². The van der Waals surface area contributed by atoms with Crippen LogP contribution in [0.3, 0.4) is 0 Å². The van der Waals surface area contributed by atoms with Gasteiger partial charge in [0.05, 0.1) is 17.9 Å². The lowest BCUT2D eigenvalue weighted by Crippen LogP contribution is -2.05. The monoisotopic (exact) mass is 309 g/mol. The van der Waals surface area contributed by atoms with Crippen molar-refractivity contribution in [2.24, 2.45) is 0 Å². The van der Waals surface area contributed by atoms with Gasteiger partial charge >= 0.3 is 5.63 Å². The van der Waals surface area contributed by atoms with Crippen molar-refractivity contribution in [2.45, 2.75) is 6.92 Å². The van der Waals surface area contributed by atoms with Crippen molar-refractivity contribution in [3.05, 3.63) is 57.0 Å². The Hall–Kier alpha value is -3.15. The van der Waals surface area contributed by atoms with Gasteiger partial charge in [-0.1, -0.05) is 0 Å². The van der Waals surface area contributed by atoms with Gasteiger partial charge < -0.3 is 13.6 Å². The second-order valence-corrected chi connectivity index (χ2v) is 5.19. The quantitative estimate of drug-likeness (QED) is 0.397. The summed E-state index contributed by atoms with van der Waals surface area (Å²) in [6, 6.07) is 4.63. The van der Waals surface area contributed by atoms with Crippen molar-refractivity contribution in [1.29, 1.82) is 0 Å². The van der Waals surface area contributed by atoms with E-state index >= 15 is 0 Å². The van der Waals surface area contributed by atoms with E-state index in [1.54, 1.807) is 19.2 Å². The molecule has 1 aromatic carbocycles. The number of hydrogen-bond donors (Lipinski definition) is 0. The largest absolute Gasteiger partial charge is 0.496 e. The zero-order valence-electron chi connectivity index (χ0n) is 12.4. The molecule has 0 bridgehead atoms. The van der Waals surface area contributed by atoms with Crippen LogP contribution in [0.1, 0.15) is 5.76 Å². The van der Waals surface area contributed by atoms with Gasteiger partial charge in [-0.25, -0.2) is 4.79 Å². The summed E-state index contributed by atoms with van der Waals surface area (Å²) in [4.78, 5) is 28.5. The minimum atomic E-state index is -0.503. The van der Waals surface area contributed by atoms with Crippen LogP contribution in [0.5, 0.6) is 5.75 Å². The minimum absolute atomic E-state index is 0.212. The third kappa shape index (κ3) is 1.85. The number of hydrogen-bond acceptors (Lipinski definition) is 6. The number of benzene rings is 1. The summed E-state index contributed by atoms with van der Waals surface area (Å²) in [5.41, 5.74) is -0.0796. The Labute approximate surface area is 128 Å². The van der Waals surface area contributed by atoms with Gasteiger partial charge in [0.25, 0.3) is 0 Å². The van der Waals surface area contributed by atoms with Crippen molar-refractivity contribution < 1.29 is 13.6 Å². The Kier molecular flexibility index (Phi) is 2.74. The van der Waals surface area contributed by atoms with Crippen LogP contribution in [0, 0.1) is 6.92 Å².